The van der Waals surface area contributed by atoms with Crippen molar-refractivity contribution in [1.29, 1.82) is 0 Å². The van der Waals surface area contributed by atoms with Crippen molar-refractivity contribution >= 4 is 5.69 Å². The van der Waals surface area contributed by atoms with Gasteiger partial charge in [0, 0.05) is 19.4 Å². The molecular weight excluding hydrogens is 210 g/mol. The second-order valence-electron chi connectivity index (χ2n) is 4.27. The van der Waals surface area contributed by atoms with Crippen LogP contribution in [-0.2, 0) is 13.5 Å². The summed E-state index contributed by atoms with van der Waals surface area (Å²) in [5.41, 5.74) is 0.991. The number of aliphatic hydroxyl groups is 1. The molecule has 1 aromatic heterocycles. The Bertz CT molecular complexity index is 396. The molecule has 0 saturated heterocycles. The van der Waals surface area contributed by atoms with E-state index in [9.17, 15) is 15.2 Å². The van der Waals surface area contributed by atoms with Gasteiger partial charge in [0.1, 0.15) is 11.4 Å². The van der Waals surface area contributed by atoms with Crippen LogP contribution in [0.2, 0.25) is 0 Å². The van der Waals surface area contributed by atoms with Crippen LogP contribution in [0.4, 0.5) is 5.69 Å². The maximum Gasteiger partial charge on any atom is 0.313 e. The van der Waals surface area contributed by atoms with Crippen molar-refractivity contribution in [2.24, 2.45) is 7.05 Å². The molecule has 1 unspecified atom stereocenters. The largest absolute Gasteiger partial charge is 0.393 e. The van der Waals surface area contributed by atoms with Gasteiger partial charge in [0.25, 0.3) is 0 Å². The molecule has 1 heterocycles. The molecule has 0 amide bonds. The highest BCUT2D eigenvalue weighted by Gasteiger charge is 2.28. The summed E-state index contributed by atoms with van der Waals surface area (Å²) < 4.78 is 1.49. The zero-order valence-electron chi connectivity index (χ0n) is 9.97. The number of aryl methyl sites for hydroxylation is 1. The summed E-state index contributed by atoms with van der Waals surface area (Å²) >= 11 is 0. The predicted molar refractivity (Wildman–Crippen MR) is 59.3 cm³/mol. The minimum atomic E-state index is -0.617. The van der Waals surface area contributed by atoms with E-state index in [2.05, 4.69) is 5.10 Å². The van der Waals surface area contributed by atoms with Crippen LogP contribution in [0.15, 0.2) is 0 Å². The molecule has 0 radical (unpaired) electrons. The summed E-state index contributed by atoms with van der Waals surface area (Å²) in [6, 6.07) is 0. The molecule has 16 heavy (non-hydrogen) atoms. The Balaban J connectivity index is 3.30. The normalized spacial score (nSPS) is 13.1. The monoisotopic (exact) mass is 227 g/mol. The first kappa shape index (κ1) is 12.6. The lowest BCUT2D eigenvalue weighted by atomic mass is 10.1. The molecule has 0 aliphatic rings. The van der Waals surface area contributed by atoms with Crippen LogP contribution in [0.1, 0.15) is 38.1 Å². The first-order valence-corrected chi connectivity index (χ1v) is 5.22. The molecule has 0 fully saturated rings. The zero-order valence-corrected chi connectivity index (χ0v) is 9.97. The van der Waals surface area contributed by atoms with Crippen molar-refractivity contribution in [3.8, 4) is 0 Å². The molecule has 0 saturated carbocycles. The summed E-state index contributed by atoms with van der Waals surface area (Å²) in [7, 11) is 1.66. The summed E-state index contributed by atoms with van der Waals surface area (Å²) in [5.74, 6) is -0.00523. The summed E-state index contributed by atoms with van der Waals surface area (Å²) in [5, 5.41) is 24.5. The van der Waals surface area contributed by atoms with E-state index in [0.29, 0.717) is 11.4 Å². The van der Waals surface area contributed by atoms with Crippen molar-refractivity contribution in [2.75, 3.05) is 0 Å². The standard InChI is InChI=1S/C10H17N3O3/c1-6(2)9-10(13(15)16)8(5-7(3)14)12(4)11-9/h6-7,14H,5H2,1-4H3. The lowest BCUT2D eigenvalue weighted by Gasteiger charge is -2.03. The fourth-order valence-electron chi connectivity index (χ4n) is 1.67. The molecule has 1 atom stereocenters. The van der Waals surface area contributed by atoms with E-state index in [-0.39, 0.29) is 18.0 Å². The molecule has 6 nitrogen and oxygen atoms in total. The molecule has 1 N–H and O–H groups in total. The molecule has 1 aromatic rings. The Morgan fingerprint density at radius 3 is 2.44 bits per heavy atom. The molecule has 0 aliphatic heterocycles. The highest BCUT2D eigenvalue weighted by molar-refractivity contribution is 5.43. The van der Waals surface area contributed by atoms with Crippen molar-refractivity contribution in [2.45, 2.75) is 39.2 Å². The SMILES string of the molecule is CC(O)Cc1c([N+](=O)[O-])c(C(C)C)nn1C. The molecule has 0 spiro atoms. The van der Waals surface area contributed by atoms with E-state index in [0.717, 1.165) is 0 Å². The average molecular weight is 227 g/mol. The van der Waals surface area contributed by atoms with Gasteiger partial charge in [-0.05, 0) is 6.92 Å². The van der Waals surface area contributed by atoms with Crippen LogP contribution in [0.5, 0.6) is 0 Å². The van der Waals surface area contributed by atoms with Gasteiger partial charge in [-0.3, -0.25) is 14.8 Å². The second kappa shape index (κ2) is 4.61. The number of aliphatic hydroxyl groups excluding tert-OH is 1. The third kappa shape index (κ3) is 2.38. The number of rotatable bonds is 4. The lowest BCUT2D eigenvalue weighted by molar-refractivity contribution is -0.386. The molecule has 0 aromatic carbocycles. The van der Waals surface area contributed by atoms with E-state index in [4.69, 9.17) is 0 Å². The minimum Gasteiger partial charge on any atom is -0.393 e. The number of nitro groups is 1. The highest BCUT2D eigenvalue weighted by Crippen LogP contribution is 2.29. The number of hydrogen-bond acceptors (Lipinski definition) is 4. The highest BCUT2D eigenvalue weighted by atomic mass is 16.6. The number of nitrogens with zero attached hydrogens (tertiary/aromatic N) is 3. The van der Waals surface area contributed by atoms with Crippen LogP contribution < -0.4 is 0 Å². The maximum absolute atomic E-state index is 11.0. The molecular formula is C10H17N3O3. The number of aromatic nitrogens is 2. The van der Waals surface area contributed by atoms with Crippen molar-refractivity contribution in [3.63, 3.8) is 0 Å². The third-order valence-electron chi connectivity index (χ3n) is 2.38. The second-order valence-corrected chi connectivity index (χ2v) is 4.27. The van der Waals surface area contributed by atoms with Crippen LogP contribution in [0, 0.1) is 10.1 Å². The van der Waals surface area contributed by atoms with E-state index in [1.165, 1.54) is 4.68 Å². The Kier molecular flexibility index (Phi) is 3.64. The van der Waals surface area contributed by atoms with E-state index in [1.807, 2.05) is 13.8 Å². The molecule has 1 rings (SSSR count). The first-order valence-electron chi connectivity index (χ1n) is 5.22. The Morgan fingerprint density at radius 2 is 2.06 bits per heavy atom. The van der Waals surface area contributed by atoms with Gasteiger partial charge in [-0.25, -0.2) is 0 Å². The number of hydrogen-bond donors (Lipinski definition) is 1. The van der Waals surface area contributed by atoms with Crippen molar-refractivity contribution < 1.29 is 10.0 Å². The third-order valence-corrected chi connectivity index (χ3v) is 2.38. The van der Waals surface area contributed by atoms with Gasteiger partial charge in [0.2, 0.25) is 0 Å². The fraction of sp³-hybridized carbons (Fsp3) is 0.700. The van der Waals surface area contributed by atoms with E-state index >= 15 is 0 Å². The smallest absolute Gasteiger partial charge is 0.313 e. The summed E-state index contributed by atoms with van der Waals surface area (Å²) in [6.07, 6.45) is -0.374. The topological polar surface area (TPSA) is 81.2 Å². The Labute approximate surface area is 94.0 Å². The van der Waals surface area contributed by atoms with Gasteiger partial charge in [-0.2, -0.15) is 5.10 Å². The van der Waals surface area contributed by atoms with Crippen molar-refractivity contribution in [3.05, 3.63) is 21.5 Å². The molecule has 0 bridgehead atoms. The van der Waals surface area contributed by atoms with Gasteiger partial charge < -0.3 is 5.11 Å². The van der Waals surface area contributed by atoms with Crippen molar-refractivity contribution in [1.82, 2.24) is 9.78 Å². The molecule has 90 valence electrons. The van der Waals surface area contributed by atoms with E-state index < -0.39 is 11.0 Å². The van der Waals surface area contributed by atoms with Gasteiger partial charge in [0.05, 0.1) is 11.0 Å². The van der Waals surface area contributed by atoms with Crippen LogP contribution >= 0.6 is 0 Å². The maximum atomic E-state index is 11.0. The predicted octanol–water partition coefficient (Wildman–Crippen LogP) is 1.38. The quantitative estimate of drug-likeness (QED) is 0.622. The van der Waals surface area contributed by atoms with Crippen LogP contribution in [0.3, 0.4) is 0 Å². The molecule has 6 heteroatoms. The van der Waals surface area contributed by atoms with Crippen LogP contribution in [-0.4, -0.2) is 25.9 Å². The van der Waals surface area contributed by atoms with Gasteiger partial charge in [0.15, 0.2) is 0 Å². The molecule has 0 aliphatic carbocycles. The fourth-order valence-corrected chi connectivity index (χ4v) is 1.67. The Morgan fingerprint density at radius 1 is 1.50 bits per heavy atom. The average Bonchev–Trinajstić information content (AvgIpc) is 2.43. The summed E-state index contributed by atoms with van der Waals surface area (Å²) in [6.45, 7) is 5.33. The first-order chi connectivity index (χ1) is 7.34. The minimum absolute atomic E-state index is 0.00523. The Hall–Kier alpha value is -1.43. The van der Waals surface area contributed by atoms with Gasteiger partial charge in [-0.15, -0.1) is 0 Å². The van der Waals surface area contributed by atoms with Crippen LogP contribution in [0.25, 0.3) is 0 Å². The van der Waals surface area contributed by atoms with Gasteiger partial charge >= 0.3 is 5.69 Å². The summed E-state index contributed by atoms with van der Waals surface area (Å²) in [4.78, 5) is 10.6. The lowest BCUT2D eigenvalue weighted by Crippen LogP contribution is -2.10. The van der Waals surface area contributed by atoms with Gasteiger partial charge in [-0.1, -0.05) is 13.8 Å². The zero-order chi connectivity index (χ0) is 12.5. The van der Waals surface area contributed by atoms with E-state index in [1.54, 1.807) is 14.0 Å².